The van der Waals surface area contributed by atoms with Crippen LogP contribution < -0.4 is 5.32 Å². The molecule has 3 nitrogen and oxygen atoms in total. The fourth-order valence-electron chi connectivity index (χ4n) is 2.42. The van der Waals surface area contributed by atoms with E-state index in [0.29, 0.717) is 10.6 Å². The molecule has 1 aliphatic heterocycles. The lowest BCUT2D eigenvalue weighted by molar-refractivity contribution is 0.0692. The molecule has 0 saturated carbocycles. The second kappa shape index (κ2) is 8.23. The van der Waals surface area contributed by atoms with Crippen LogP contribution in [0.25, 0.3) is 0 Å². The normalized spacial score (nSPS) is 17.6. The minimum absolute atomic E-state index is 0. The minimum atomic E-state index is 0. The maximum Gasteiger partial charge on any atom is 0.255 e. The number of nitrogens with zero attached hydrogens (tertiary/aromatic N) is 1. The first-order chi connectivity index (χ1) is 9.15. The van der Waals surface area contributed by atoms with E-state index < -0.39 is 0 Å². The molecule has 6 heteroatoms. The topological polar surface area (TPSA) is 32.3 Å². The molecule has 1 unspecified atom stereocenters. The van der Waals surface area contributed by atoms with Gasteiger partial charge in [-0.25, -0.2) is 0 Å². The standard InChI is InChI=1S/C14H18BrClN2O.ClH/c1-2-8-18(10-6-7-17-9-10)14(19)11-4-3-5-12(15)13(11)16;/h3-5,10,17H,2,6-9H2,1H3;1H. The third-order valence-electron chi connectivity index (χ3n) is 3.38. The van der Waals surface area contributed by atoms with Crippen molar-refractivity contribution in [3.63, 3.8) is 0 Å². The van der Waals surface area contributed by atoms with Gasteiger partial charge in [-0.15, -0.1) is 12.4 Å². The summed E-state index contributed by atoms with van der Waals surface area (Å²) in [5.41, 5.74) is 0.580. The molecule has 0 spiro atoms. The number of nitrogens with one attached hydrogen (secondary N) is 1. The van der Waals surface area contributed by atoms with Crippen molar-refractivity contribution in [1.82, 2.24) is 10.2 Å². The summed E-state index contributed by atoms with van der Waals surface area (Å²) in [5.74, 6) is 0.0295. The first kappa shape index (κ1) is 17.8. The van der Waals surface area contributed by atoms with Gasteiger partial charge in [-0.1, -0.05) is 24.6 Å². The first-order valence-corrected chi connectivity index (χ1v) is 7.78. The number of benzene rings is 1. The summed E-state index contributed by atoms with van der Waals surface area (Å²) < 4.78 is 0.765. The van der Waals surface area contributed by atoms with Gasteiger partial charge in [0.05, 0.1) is 10.6 Å². The maximum atomic E-state index is 12.7. The summed E-state index contributed by atoms with van der Waals surface area (Å²) in [5, 5.41) is 3.81. The third kappa shape index (κ3) is 3.88. The Morgan fingerprint density at radius 2 is 2.30 bits per heavy atom. The smallest absolute Gasteiger partial charge is 0.255 e. The minimum Gasteiger partial charge on any atom is -0.334 e. The highest BCUT2D eigenvalue weighted by Gasteiger charge is 2.27. The van der Waals surface area contributed by atoms with E-state index in [4.69, 9.17) is 11.6 Å². The molecular formula is C14H19BrCl2N2O. The molecule has 0 bridgehead atoms. The van der Waals surface area contributed by atoms with Gasteiger partial charge < -0.3 is 10.2 Å². The Balaban J connectivity index is 0.00000200. The van der Waals surface area contributed by atoms with Gasteiger partial charge in [-0.3, -0.25) is 4.79 Å². The summed E-state index contributed by atoms with van der Waals surface area (Å²) >= 11 is 9.60. The maximum absolute atomic E-state index is 12.7. The highest BCUT2D eigenvalue weighted by molar-refractivity contribution is 9.10. The second-order valence-corrected chi connectivity index (χ2v) is 5.98. The van der Waals surface area contributed by atoms with Crippen molar-refractivity contribution in [3.8, 4) is 0 Å². The van der Waals surface area contributed by atoms with Gasteiger partial charge >= 0.3 is 0 Å². The highest BCUT2D eigenvalue weighted by atomic mass is 79.9. The number of carbonyl (C=O) groups excluding carboxylic acids is 1. The average molecular weight is 382 g/mol. The lowest BCUT2D eigenvalue weighted by atomic mass is 10.1. The lowest BCUT2D eigenvalue weighted by Gasteiger charge is -2.28. The van der Waals surface area contributed by atoms with Crippen LogP contribution >= 0.6 is 39.9 Å². The van der Waals surface area contributed by atoms with Crippen molar-refractivity contribution in [2.75, 3.05) is 19.6 Å². The first-order valence-electron chi connectivity index (χ1n) is 6.60. The zero-order valence-electron chi connectivity index (χ0n) is 11.4. The van der Waals surface area contributed by atoms with E-state index in [9.17, 15) is 4.79 Å². The number of amides is 1. The molecule has 1 amide bonds. The van der Waals surface area contributed by atoms with Crippen molar-refractivity contribution >= 4 is 45.8 Å². The van der Waals surface area contributed by atoms with Crippen molar-refractivity contribution < 1.29 is 4.79 Å². The lowest BCUT2D eigenvalue weighted by Crippen LogP contribution is -2.42. The van der Waals surface area contributed by atoms with Crippen LogP contribution in [0.2, 0.25) is 5.02 Å². The van der Waals surface area contributed by atoms with E-state index in [1.807, 2.05) is 17.0 Å². The fraction of sp³-hybridized carbons (Fsp3) is 0.500. The van der Waals surface area contributed by atoms with Gasteiger partial charge in [0.1, 0.15) is 0 Å². The molecular weight excluding hydrogens is 363 g/mol. The highest BCUT2D eigenvalue weighted by Crippen LogP contribution is 2.28. The van der Waals surface area contributed by atoms with Crippen LogP contribution in [0.1, 0.15) is 30.1 Å². The van der Waals surface area contributed by atoms with Crippen LogP contribution in [-0.2, 0) is 0 Å². The summed E-state index contributed by atoms with van der Waals surface area (Å²) in [4.78, 5) is 14.6. The van der Waals surface area contributed by atoms with Gasteiger partial charge in [0, 0.05) is 23.6 Å². The molecule has 1 atom stereocenters. The third-order valence-corrected chi connectivity index (χ3v) is 4.68. The molecule has 1 aromatic rings. The van der Waals surface area contributed by atoms with Crippen LogP contribution in [0.3, 0.4) is 0 Å². The van der Waals surface area contributed by atoms with E-state index in [1.165, 1.54) is 0 Å². The van der Waals surface area contributed by atoms with Crippen molar-refractivity contribution in [2.45, 2.75) is 25.8 Å². The molecule has 1 fully saturated rings. The molecule has 1 heterocycles. The monoisotopic (exact) mass is 380 g/mol. The van der Waals surface area contributed by atoms with Crippen LogP contribution in [0.15, 0.2) is 22.7 Å². The van der Waals surface area contributed by atoms with Crippen molar-refractivity contribution in [2.24, 2.45) is 0 Å². The molecule has 1 saturated heterocycles. The van der Waals surface area contributed by atoms with Crippen LogP contribution in [-0.4, -0.2) is 36.5 Å². The van der Waals surface area contributed by atoms with Crippen LogP contribution in [0.5, 0.6) is 0 Å². The number of halogens is 3. The second-order valence-electron chi connectivity index (χ2n) is 4.75. The van der Waals surface area contributed by atoms with Gasteiger partial charge in [0.15, 0.2) is 0 Å². The Bertz CT molecular complexity index is 464. The molecule has 1 aliphatic rings. The Hall–Kier alpha value is -0.290. The molecule has 0 aliphatic carbocycles. The largest absolute Gasteiger partial charge is 0.334 e. The van der Waals surface area contributed by atoms with E-state index in [2.05, 4.69) is 28.2 Å². The molecule has 112 valence electrons. The van der Waals surface area contributed by atoms with Gasteiger partial charge in [0.25, 0.3) is 5.91 Å². The summed E-state index contributed by atoms with van der Waals surface area (Å²) in [6, 6.07) is 5.77. The molecule has 0 radical (unpaired) electrons. The average Bonchev–Trinajstić information content (AvgIpc) is 2.92. The number of carbonyl (C=O) groups is 1. The summed E-state index contributed by atoms with van der Waals surface area (Å²) in [6.07, 6.45) is 1.96. The molecule has 0 aromatic heterocycles. The summed E-state index contributed by atoms with van der Waals surface area (Å²) in [7, 11) is 0. The Morgan fingerprint density at radius 1 is 1.55 bits per heavy atom. The molecule has 1 aromatic carbocycles. The van der Waals surface area contributed by atoms with Crippen molar-refractivity contribution in [3.05, 3.63) is 33.3 Å². The van der Waals surface area contributed by atoms with E-state index in [-0.39, 0.29) is 24.4 Å². The van der Waals surface area contributed by atoms with E-state index in [0.717, 1.165) is 36.9 Å². The Kier molecular flexibility index (Phi) is 7.30. The fourth-order valence-corrected chi connectivity index (χ4v) is 2.99. The molecule has 1 N–H and O–H groups in total. The van der Waals surface area contributed by atoms with Gasteiger partial charge in [-0.2, -0.15) is 0 Å². The predicted molar refractivity (Wildman–Crippen MR) is 89.0 cm³/mol. The summed E-state index contributed by atoms with van der Waals surface area (Å²) in [6.45, 7) is 4.71. The van der Waals surface area contributed by atoms with Gasteiger partial charge in [0.2, 0.25) is 0 Å². The number of rotatable bonds is 4. The van der Waals surface area contributed by atoms with E-state index in [1.54, 1.807) is 6.07 Å². The number of hydrogen-bond donors (Lipinski definition) is 1. The zero-order valence-corrected chi connectivity index (χ0v) is 14.5. The SMILES string of the molecule is CCCN(C(=O)c1cccc(Br)c1Cl)C1CCNC1.Cl. The molecule has 2 rings (SSSR count). The molecule has 20 heavy (non-hydrogen) atoms. The van der Waals surface area contributed by atoms with E-state index >= 15 is 0 Å². The van der Waals surface area contributed by atoms with Crippen LogP contribution in [0.4, 0.5) is 0 Å². The number of hydrogen-bond acceptors (Lipinski definition) is 2. The zero-order chi connectivity index (χ0) is 13.8. The Labute approximate surface area is 139 Å². The van der Waals surface area contributed by atoms with Crippen LogP contribution in [0, 0.1) is 0 Å². The van der Waals surface area contributed by atoms with Gasteiger partial charge in [-0.05, 0) is 47.4 Å². The quantitative estimate of drug-likeness (QED) is 0.861. The Morgan fingerprint density at radius 3 is 2.90 bits per heavy atom. The predicted octanol–water partition coefficient (Wildman–Crippen LogP) is 3.74. The van der Waals surface area contributed by atoms with Crippen molar-refractivity contribution in [1.29, 1.82) is 0 Å².